The van der Waals surface area contributed by atoms with Crippen molar-refractivity contribution < 1.29 is 4.79 Å². The number of nitrogens with zero attached hydrogens (tertiary/aromatic N) is 3. The topological polar surface area (TPSA) is 72.1 Å². The molecule has 1 unspecified atom stereocenters. The van der Waals surface area contributed by atoms with Crippen LogP contribution in [0.4, 0.5) is 5.69 Å². The van der Waals surface area contributed by atoms with Crippen LogP contribution in [0.25, 0.3) is 10.3 Å². The lowest BCUT2D eigenvalue weighted by molar-refractivity contribution is 0.0614. The Morgan fingerprint density at radius 2 is 2.25 bits per heavy atom. The standard InChI is InChI=1S/C14H18N4OS/c1-2-9-5-3-4-8-18(9)14(19)12-10(15)11-13(20-12)17-7-6-16-11/h6-7,9H,2-5,8,15H2,1H3. The molecule has 1 amide bonds. The molecule has 2 aromatic heterocycles. The Morgan fingerprint density at radius 3 is 3.00 bits per heavy atom. The molecule has 106 valence electrons. The lowest BCUT2D eigenvalue weighted by Crippen LogP contribution is -2.43. The van der Waals surface area contributed by atoms with Crippen molar-refractivity contribution in [3.63, 3.8) is 0 Å². The van der Waals surface area contributed by atoms with E-state index >= 15 is 0 Å². The minimum absolute atomic E-state index is 0.0406. The van der Waals surface area contributed by atoms with Crippen molar-refractivity contribution in [3.8, 4) is 0 Å². The van der Waals surface area contributed by atoms with Gasteiger partial charge >= 0.3 is 0 Å². The molecule has 2 N–H and O–H groups in total. The molecule has 0 radical (unpaired) electrons. The van der Waals surface area contributed by atoms with Crippen molar-refractivity contribution in [2.24, 2.45) is 0 Å². The maximum atomic E-state index is 12.8. The Morgan fingerprint density at radius 1 is 1.45 bits per heavy atom. The van der Waals surface area contributed by atoms with Crippen molar-refractivity contribution in [2.45, 2.75) is 38.6 Å². The predicted octanol–water partition coefficient (Wildman–Crippen LogP) is 2.68. The van der Waals surface area contributed by atoms with E-state index in [0.717, 1.165) is 30.6 Å². The number of piperidine rings is 1. The summed E-state index contributed by atoms with van der Waals surface area (Å²) in [4.78, 5) is 24.5. The normalized spacial score (nSPS) is 19.4. The van der Waals surface area contributed by atoms with Crippen LogP contribution in [0.1, 0.15) is 42.3 Å². The highest BCUT2D eigenvalue weighted by atomic mass is 32.1. The fourth-order valence-corrected chi connectivity index (χ4v) is 3.80. The third-order valence-electron chi connectivity index (χ3n) is 3.92. The lowest BCUT2D eigenvalue weighted by Gasteiger charge is -2.35. The molecule has 1 saturated heterocycles. The molecule has 6 heteroatoms. The molecule has 2 aromatic rings. The first-order valence-electron chi connectivity index (χ1n) is 7.02. The summed E-state index contributed by atoms with van der Waals surface area (Å²) in [5.41, 5.74) is 7.21. The van der Waals surface area contributed by atoms with Gasteiger partial charge in [-0.2, -0.15) is 0 Å². The molecular formula is C14H18N4OS. The molecule has 20 heavy (non-hydrogen) atoms. The van der Waals surface area contributed by atoms with E-state index in [1.54, 1.807) is 12.4 Å². The zero-order valence-electron chi connectivity index (χ0n) is 11.5. The summed E-state index contributed by atoms with van der Waals surface area (Å²) in [6.07, 6.45) is 7.59. The molecule has 1 aliphatic heterocycles. The van der Waals surface area contributed by atoms with Crippen LogP contribution in [0.15, 0.2) is 12.4 Å². The van der Waals surface area contributed by atoms with Crippen molar-refractivity contribution in [3.05, 3.63) is 17.3 Å². The van der Waals surface area contributed by atoms with Gasteiger partial charge in [0.2, 0.25) is 0 Å². The summed E-state index contributed by atoms with van der Waals surface area (Å²) < 4.78 is 0. The second-order valence-electron chi connectivity index (χ2n) is 5.11. The average Bonchev–Trinajstić information content (AvgIpc) is 2.84. The Bertz CT molecular complexity index is 639. The molecule has 0 aromatic carbocycles. The first-order chi connectivity index (χ1) is 9.72. The van der Waals surface area contributed by atoms with Gasteiger partial charge in [0.05, 0.1) is 5.69 Å². The average molecular weight is 290 g/mol. The van der Waals surface area contributed by atoms with Gasteiger partial charge in [-0.15, -0.1) is 11.3 Å². The number of nitrogen functional groups attached to an aromatic ring is 1. The van der Waals surface area contributed by atoms with Gasteiger partial charge in [0.1, 0.15) is 15.2 Å². The van der Waals surface area contributed by atoms with E-state index in [2.05, 4.69) is 16.9 Å². The van der Waals surface area contributed by atoms with E-state index < -0.39 is 0 Å². The number of nitrogens with two attached hydrogens (primary N) is 1. The number of carbonyl (C=O) groups is 1. The number of anilines is 1. The first kappa shape index (κ1) is 13.3. The lowest BCUT2D eigenvalue weighted by atomic mass is 10.00. The fourth-order valence-electron chi connectivity index (χ4n) is 2.83. The molecule has 1 fully saturated rings. The van der Waals surface area contributed by atoms with E-state index in [9.17, 15) is 4.79 Å². The Balaban J connectivity index is 1.97. The van der Waals surface area contributed by atoms with Gasteiger partial charge in [-0.3, -0.25) is 4.79 Å². The van der Waals surface area contributed by atoms with E-state index in [0.29, 0.717) is 22.1 Å². The second-order valence-corrected chi connectivity index (χ2v) is 6.11. The van der Waals surface area contributed by atoms with Crippen molar-refractivity contribution >= 4 is 33.3 Å². The summed E-state index contributed by atoms with van der Waals surface area (Å²) in [7, 11) is 0. The Hall–Kier alpha value is -1.69. The van der Waals surface area contributed by atoms with Crippen molar-refractivity contribution in [2.75, 3.05) is 12.3 Å². The number of hydrogen-bond acceptors (Lipinski definition) is 5. The molecule has 0 bridgehead atoms. The summed E-state index contributed by atoms with van der Waals surface area (Å²) in [5, 5.41) is 0. The predicted molar refractivity (Wildman–Crippen MR) is 80.8 cm³/mol. The highest BCUT2D eigenvalue weighted by molar-refractivity contribution is 7.21. The molecule has 0 saturated carbocycles. The van der Waals surface area contributed by atoms with Crippen LogP contribution in [-0.4, -0.2) is 33.4 Å². The zero-order chi connectivity index (χ0) is 14.1. The Kier molecular flexibility index (Phi) is 3.56. The smallest absolute Gasteiger partial charge is 0.266 e. The molecule has 0 spiro atoms. The van der Waals surface area contributed by atoms with Gasteiger partial charge in [0.25, 0.3) is 5.91 Å². The number of likely N-dealkylation sites (tertiary alicyclic amines) is 1. The van der Waals surface area contributed by atoms with Crippen LogP contribution in [0.5, 0.6) is 0 Å². The molecule has 0 aliphatic carbocycles. The number of carbonyl (C=O) groups excluding carboxylic acids is 1. The molecule has 3 heterocycles. The number of rotatable bonds is 2. The number of hydrogen-bond donors (Lipinski definition) is 1. The zero-order valence-corrected chi connectivity index (χ0v) is 12.3. The quantitative estimate of drug-likeness (QED) is 0.923. The third kappa shape index (κ3) is 2.14. The molecule has 3 rings (SSSR count). The highest BCUT2D eigenvalue weighted by Gasteiger charge is 2.29. The minimum atomic E-state index is 0.0406. The maximum Gasteiger partial charge on any atom is 0.266 e. The number of fused-ring (bicyclic) bond motifs is 1. The first-order valence-corrected chi connectivity index (χ1v) is 7.84. The van der Waals surface area contributed by atoms with Crippen LogP contribution < -0.4 is 5.73 Å². The van der Waals surface area contributed by atoms with Gasteiger partial charge in [0, 0.05) is 25.0 Å². The molecule has 1 atom stereocenters. The van der Waals surface area contributed by atoms with Crippen LogP contribution >= 0.6 is 11.3 Å². The summed E-state index contributed by atoms with van der Waals surface area (Å²) in [6, 6.07) is 0.335. The van der Waals surface area contributed by atoms with E-state index in [1.165, 1.54) is 17.8 Å². The minimum Gasteiger partial charge on any atom is -0.396 e. The van der Waals surface area contributed by atoms with Gasteiger partial charge in [0.15, 0.2) is 0 Å². The van der Waals surface area contributed by atoms with Gasteiger partial charge in [-0.05, 0) is 25.7 Å². The molecular weight excluding hydrogens is 272 g/mol. The van der Waals surface area contributed by atoms with Gasteiger partial charge in [-0.25, -0.2) is 9.97 Å². The summed E-state index contributed by atoms with van der Waals surface area (Å²) >= 11 is 1.35. The fraction of sp³-hybridized carbons (Fsp3) is 0.500. The monoisotopic (exact) mass is 290 g/mol. The van der Waals surface area contributed by atoms with E-state index in [1.807, 2.05) is 4.90 Å². The largest absolute Gasteiger partial charge is 0.396 e. The van der Waals surface area contributed by atoms with E-state index in [-0.39, 0.29) is 5.91 Å². The van der Waals surface area contributed by atoms with Crippen LogP contribution in [0.2, 0.25) is 0 Å². The van der Waals surface area contributed by atoms with E-state index in [4.69, 9.17) is 5.73 Å². The maximum absolute atomic E-state index is 12.8. The number of amides is 1. The third-order valence-corrected chi connectivity index (χ3v) is 5.01. The van der Waals surface area contributed by atoms with Gasteiger partial charge in [-0.1, -0.05) is 6.92 Å². The molecule has 1 aliphatic rings. The number of thiophene rings is 1. The second kappa shape index (κ2) is 5.36. The highest BCUT2D eigenvalue weighted by Crippen LogP contribution is 2.33. The Labute approximate surface area is 121 Å². The molecule has 5 nitrogen and oxygen atoms in total. The number of aromatic nitrogens is 2. The van der Waals surface area contributed by atoms with Crippen LogP contribution in [0, 0.1) is 0 Å². The van der Waals surface area contributed by atoms with Crippen molar-refractivity contribution in [1.82, 2.24) is 14.9 Å². The summed E-state index contributed by atoms with van der Waals surface area (Å²) in [6.45, 7) is 2.96. The summed E-state index contributed by atoms with van der Waals surface area (Å²) in [5.74, 6) is 0.0406. The van der Waals surface area contributed by atoms with Crippen molar-refractivity contribution in [1.29, 1.82) is 0 Å². The van der Waals surface area contributed by atoms with Crippen LogP contribution in [-0.2, 0) is 0 Å². The SMILES string of the molecule is CCC1CCCCN1C(=O)c1sc2nccnc2c1N. The van der Waals surface area contributed by atoms with Crippen LogP contribution in [0.3, 0.4) is 0 Å². The van der Waals surface area contributed by atoms with Gasteiger partial charge < -0.3 is 10.6 Å².